The summed E-state index contributed by atoms with van der Waals surface area (Å²) >= 11 is 0. The molecule has 0 radical (unpaired) electrons. The minimum Gasteiger partial charge on any atom is -0.380 e. The number of nitrogens with zero attached hydrogens (tertiary/aromatic N) is 5. The summed E-state index contributed by atoms with van der Waals surface area (Å²) in [5, 5.41) is 3.25. The molecule has 2 aromatic rings. The van der Waals surface area contributed by atoms with E-state index >= 15 is 0 Å². The van der Waals surface area contributed by atoms with Gasteiger partial charge in [0, 0.05) is 50.4 Å². The Labute approximate surface area is 152 Å². The maximum Gasteiger partial charge on any atom is 0.293 e. The standard InChI is InChI=1S/C18H24N6O2/c1-12-7-16(22-11-21-12)24-10-15(26-2)8-14(24)9-20-17-18(25)23(6-5-19-17)13-3-4-13/h5-7,11,13-15H,3-4,8-10H2,1-2H3,(H,19,20)/t14-,15-/m0/s1. The van der Waals surface area contributed by atoms with Crippen LogP contribution in [0.4, 0.5) is 11.6 Å². The van der Waals surface area contributed by atoms with Gasteiger partial charge in [0.15, 0.2) is 5.82 Å². The summed E-state index contributed by atoms with van der Waals surface area (Å²) in [6, 6.07) is 2.49. The van der Waals surface area contributed by atoms with Gasteiger partial charge < -0.3 is 19.5 Å². The van der Waals surface area contributed by atoms with Gasteiger partial charge in [-0.3, -0.25) is 4.79 Å². The predicted molar refractivity (Wildman–Crippen MR) is 98.6 cm³/mol. The van der Waals surface area contributed by atoms with Crippen molar-refractivity contribution in [3.05, 3.63) is 40.8 Å². The van der Waals surface area contributed by atoms with Crippen LogP contribution >= 0.6 is 0 Å². The third kappa shape index (κ3) is 3.41. The molecule has 0 spiro atoms. The van der Waals surface area contributed by atoms with Crippen molar-refractivity contribution in [1.82, 2.24) is 19.5 Å². The van der Waals surface area contributed by atoms with Crippen LogP contribution in [0.15, 0.2) is 29.6 Å². The molecule has 1 aliphatic carbocycles. The van der Waals surface area contributed by atoms with Crippen molar-refractivity contribution in [2.75, 3.05) is 30.4 Å². The molecule has 3 heterocycles. The molecule has 4 rings (SSSR count). The van der Waals surface area contributed by atoms with Crippen LogP contribution in [0.2, 0.25) is 0 Å². The summed E-state index contributed by atoms with van der Waals surface area (Å²) in [6.07, 6.45) is 8.21. The van der Waals surface area contributed by atoms with Gasteiger partial charge in [0.2, 0.25) is 0 Å². The number of aryl methyl sites for hydroxylation is 1. The smallest absolute Gasteiger partial charge is 0.293 e. The molecule has 2 fully saturated rings. The fourth-order valence-electron chi connectivity index (χ4n) is 3.52. The molecule has 8 heteroatoms. The van der Waals surface area contributed by atoms with Gasteiger partial charge in [0.05, 0.1) is 12.1 Å². The topological polar surface area (TPSA) is 85.2 Å². The number of ether oxygens (including phenoxy) is 1. The number of nitrogens with one attached hydrogen (secondary N) is 1. The van der Waals surface area contributed by atoms with Crippen molar-refractivity contribution in [1.29, 1.82) is 0 Å². The van der Waals surface area contributed by atoms with E-state index in [1.807, 2.05) is 13.0 Å². The molecule has 138 valence electrons. The second-order valence-corrected chi connectivity index (χ2v) is 7.02. The monoisotopic (exact) mass is 356 g/mol. The van der Waals surface area contributed by atoms with Crippen LogP contribution in [0, 0.1) is 6.92 Å². The maximum atomic E-state index is 12.6. The lowest BCUT2D eigenvalue weighted by atomic mass is 10.2. The number of hydrogen-bond acceptors (Lipinski definition) is 7. The van der Waals surface area contributed by atoms with Gasteiger partial charge in [0.1, 0.15) is 12.1 Å². The van der Waals surface area contributed by atoms with E-state index in [9.17, 15) is 4.79 Å². The second kappa shape index (κ2) is 7.03. The van der Waals surface area contributed by atoms with E-state index in [1.54, 1.807) is 30.4 Å². The first-order valence-electron chi connectivity index (χ1n) is 9.05. The summed E-state index contributed by atoms with van der Waals surface area (Å²) in [7, 11) is 1.73. The molecule has 2 atom stereocenters. The number of rotatable bonds is 6. The van der Waals surface area contributed by atoms with E-state index in [1.165, 1.54) is 0 Å². The molecule has 1 saturated heterocycles. The Morgan fingerprint density at radius 3 is 2.88 bits per heavy atom. The molecular formula is C18H24N6O2. The largest absolute Gasteiger partial charge is 0.380 e. The van der Waals surface area contributed by atoms with E-state index in [0.29, 0.717) is 18.4 Å². The molecule has 0 unspecified atom stereocenters. The molecule has 0 bridgehead atoms. The van der Waals surface area contributed by atoms with Gasteiger partial charge in [-0.15, -0.1) is 0 Å². The molecule has 1 saturated carbocycles. The second-order valence-electron chi connectivity index (χ2n) is 7.02. The molecule has 26 heavy (non-hydrogen) atoms. The van der Waals surface area contributed by atoms with Crippen molar-refractivity contribution >= 4 is 11.6 Å². The van der Waals surface area contributed by atoms with Crippen LogP contribution in [-0.4, -0.2) is 51.9 Å². The highest BCUT2D eigenvalue weighted by atomic mass is 16.5. The van der Waals surface area contributed by atoms with E-state index < -0.39 is 0 Å². The zero-order valence-electron chi connectivity index (χ0n) is 15.1. The van der Waals surface area contributed by atoms with Crippen LogP contribution in [0.25, 0.3) is 0 Å². The summed E-state index contributed by atoms with van der Waals surface area (Å²) in [6.45, 7) is 3.34. The Bertz CT molecular complexity index is 834. The van der Waals surface area contributed by atoms with E-state index in [-0.39, 0.29) is 17.7 Å². The Hall–Kier alpha value is -2.48. The normalized spacial score (nSPS) is 22.6. The highest BCUT2D eigenvalue weighted by molar-refractivity contribution is 5.43. The summed E-state index contributed by atoms with van der Waals surface area (Å²) in [4.78, 5) is 27.6. The maximum absolute atomic E-state index is 12.6. The minimum atomic E-state index is -0.0410. The van der Waals surface area contributed by atoms with Crippen LogP contribution < -0.4 is 15.8 Å². The van der Waals surface area contributed by atoms with Crippen molar-refractivity contribution in [2.45, 2.75) is 44.4 Å². The first-order chi connectivity index (χ1) is 12.7. The van der Waals surface area contributed by atoms with Crippen LogP contribution in [0.5, 0.6) is 0 Å². The van der Waals surface area contributed by atoms with Crippen LogP contribution in [0.3, 0.4) is 0 Å². The van der Waals surface area contributed by atoms with Gasteiger partial charge in [0.25, 0.3) is 5.56 Å². The Balaban J connectivity index is 1.50. The summed E-state index contributed by atoms with van der Waals surface area (Å²) in [5.41, 5.74) is 0.889. The fourth-order valence-corrected chi connectivity index (χ4v) is 3.52. The van der Waals surface area contributed by atoms with Crippen molar-refractivity contribution in [3.63, 3.8) is 0 Å². The third-order valence-corrected chi connectivity index (χ3v) is 5.11. The quantitative estimate of drug-likeness (QED) is 0.837. The van der Waals surface area contributed by atoms with Gasteiger partial charge in [-0.1, -0.05) is 0 Å². The molecule has 0 aromatic carbocycles. The molecule has 0 amide bonds. The first-order valence-corrected chi connectivity index (χ1v) is 9.05. The average Bonchev–Trinajstić information content (AvgIpc) is 3.40. The third-order valence-electron chi connectivity index (χ3n) is 5.11. The van der Waals surface area contributed by atoms with E-state index in [4.69, 9.17) is 4.74 Å². The Morgan fingerprint density at radius 1 is 1.31 bits per heavy atom. The van der Waals surface area contributed by atoms with E-state index in [2.05, 4.69) is 25.2 Å². The predicted octanol–water partition coefficient (Wildman–Crippen LogP) is 1.38. The Kier molecular flexibility index (Phi) is 4.58. The molecule has 1 aliphatic heterocycles. The zero-order chi connectivity index (χ0) is 18.1. The molecule has 2 aliphatic rings. The minimum absolute atomic E-state index is 0.0410. The van der Waals surface area contributed by atoms with Crippen LogP contribution in [-0.2, 0) is 4.74 Å². The molecule has 1 N–H and O–H groups in total. The lowest BCUT2D eigenvalue weighted by Gasteiger charge is -2.25. The van der Waals surface area contributed by atoms with Gasteiger partial charge in [-0.05, 0) is 26.2 Å². The van der Waals surface area contributed by atoms with Gasteiger partial charge in [-0.2, -0.15) is 0 Å². The number of hydrogen-bond donors (Lipinski definition) is 1. The highest BCUT2D eigenvalue weighted by Crippen LogP contribution is 2.33. The van der Waals surface area contributed by atoms with Crippen molar-refractivity contribution < 1.29 is 4.74 Å². The number of aromatic nitrogens is 4. The fraction of sp³-hybridized carbons (Fsp3) is 0.556. The van der Waals surface area contributed by atoms with E-state index in [0.717, 1.165) is 37.3 Å². The molecular weight excluding hydrogens is 332 g/mol. The lowest BCUT2D eigenvalue weighted by molar-refractivity contribution is 0.118. The molecule has 2 aromatic heterocycles. The van der Waals surface area contributed by atoms with Crippen molar-refractivity contribution in [3.8, 4) is 0 Å². The van der Waals surface area contributed by atoms with Crippen molar-refractivity contribution in [2.24, 2.45) is 0 Å². The SMILES string of the molecule is CO[C@H]1C[C@@H](CNc2nccn(C3CC3)c2=O)N(c2cc(C)ncn2)C1. The highest BCUT2D eigenvalue weighted by Gasteiger charge is 2.33. The summed E-state index contributed by atoms with van der Waals surface area (Å²) < 4.78 is 7.35. The zero-order valence-corrected chi connectivity index (χ0v) is 15.1. The number of anilines is 2. The number of methoxy groups -OCH3 is 1. The average molecular weight is 356 g/mol. The molecule has 8 nitrogen and oxygen atoms in total. The van der Waals surface area contributed by atoms with Crippen LogP contribution in [0.1, 0.15) is 31.0 Å². The first kappa shape index (κ1) is 17.0. The van der Waals surface area contributed by atoms with Gasteiger partial charge >= 0.3 is 0 Å². The lowest BCUT2D eigenvalue weighted by Crippen LogP contribution is -2.37. The Morgan fingerprint density at radius 2 is 2.15 bits per heavy atom. The summed E-state index contributed by atoms with van der Waals surface area (Å²) in [5.74, 6) is 1.30. The van der Waals surface area contributed by atoms with Gasteiger partial charge in [-0.25, -0.2) is 15.0 Å².